The number of hydrogen-bond donors (Lipinski definition) is 2. The van der Waals surface area contributed by atoms with E-state index in [-0.39, 0.29) is 5.56 Å². The highest BCUT2D eigenvalue weighted by molar-refractivity contribution is 6.15. The van der Waals surface area contributed by atoms with Crippen molar-refractivity contribution in [3.63, 3.8) is 0 Å². The van der Waals surface area contributed by atoms with Crippen LogP contribution in [0.25, 0.3) is 21.7 Å². The summed E-state index contributed by atoms with van der Waals surface area (Å²) < 4.78 is 5.06. The molecular formula is C15H14N2O3. The molecule has 0 bridgehead atoms. The number of fused-ring (bicyclic) bond motifs is 3. The number of H-pyrrole nitrogens is 2. The standard InChI is InChI=1S/C15H14N2O3/c1-3-20-15(19)13-12-9-6-4-5-7-10(9)17-14(18)11(12)8(2)16-13/h4-7,16H,3H2,1-2H3,(H,17,18). The fourth-order valence-corrected chi connectivity index (χ4v) is 2.53. The van der Waals surface area contributed by atoms with Crippen LogP contribution in [0.2, 0.25) is 0 Å². The molecule has 102 valence electrons. The number of nitrogens with one attached hydrogen (secondary N) is 2. The second-order valence-corrected chi connectivity index (χ2v) is 4.60. The van der Waals surface area contributed by atoms with Gasteiger partial charge in [-0.1, -0.05) is 18.2 Å². The maximum Gasteiger partial charge on any atom is 0.355 e. The summed E-state index contributed by atoms with van der Waals surface area (Å²) in [6.45, 7) is 3.81. The summed E-state index contributed by atoms with van der Waals surface area (Å²) >= 11 is 0. The van der Waals surface area contributed by atoms with Gasteiger partial charge in [0.2, 0.25) is 0 Å². The Morgan fingerprint density at radius 3 is 2.70 bits per heavy atom. The topological polar surface area (TPSA) is 75.0 Å². The number of aryl methyl sites for hydroxylation is 1. The summed E-state index contributed by atoms with van der Waals surface area (Å²) in [5.74, 6) is -0.443. The maximum atomic E-state index is 12.2. The number of ether oxygens (including phenoxy) is 1. The minimum atomic E-state index is -0.443. The van der Waals surface area contributed by atoms with Gasteiger partial charge < -0.3 is 14.7 Å². The molecule has 0 fully saturated rings. The van der Waals surface area contributed by atoms with E-state index in [9.17, 15) is 9.59 Å². The molecule has 5 heteroatoms. The Hall–Kier alpha value is -2.56. The molecule has 0 aliphatic carbocycles. The monoisotopic (exact) mass is 270 g/mol. The van der Waals surface area contributed by atoms with Crippen LogP contribution in [0, 0.1) is 6.92 Å². The minimum Gasteiger partial charge on any atom is -0.461 e. The molecule has 0 aliphatic heterocycles. The number of pyridine rings is 1. The Balaban J connectivity index is 2.49. The van der Waals surface area contributed by atoms with Crippen molar-refractivity contribution in [1.29, 1.82) is 0 Å². The number of benzene rings is 1. The second kappa shape index (κ2) is 4.52. The third kappa shape index (κ3) is 1.71. The van der Waals surface area contributed by atoms with E-state index in [1.165, 1.54) is 0 Å². The zero-order chi connectivity index (χ0) is 14.3. The molecule has 0 saturated carbocycles. The van der Waals surface area contributed by atoms with E-state index in [2.05, 4.69) is 9.97 Å². The molecule has 5 nitrogen and oxygen atoms in total. The largest absolute Gasteiger partial charge is 0.461 e. The SMILES string of the molecule is CCOC(=O)c1[nH]c(C)c2c(=O)[nH]c3ccccc3c12. The van der Waals surface area contributed by atoms with Crippen LogP contribution < -0.4 is 5.56 Å². The molecule has 0 atom stereocenters. The molecular weight excluding hydrogens is 256 g/mol. The van der Waals surface area contributed by atoms with Gasteiger partial charge in [0, 0.05) is 22.0 Å². The lowest BCUT2D eigenvalue weighted by Crippen LogP contribution is -2.08. The first-order chi connectivity index (χ1) is 9.63. The molecule has 0 unspecified atom stereocenters. The molecule has 0 saturated heterocycles. The van der Waals surface area contributed by atoms with Gasteiger partial charge in [0.15, 0.2) is 0 Å². The summed E-state index contributed by atoms with van der Waals surface area (Å²) in [6, 6.07) is 7.40. The summed E-state index contributed by atoms with van der Waals surface area (Å²) in [6.07, 6.45) is 0. The summed E-state index contributed by atoms with van der Waals surface area (Å²) in [7, 11) is 0. The van der Waals surface area contributed by atoms with Crippen LogP contribution in [0.1, 0.15) is 23.1 Å². The van der Waals surface area contributed by atoms with Gasteiger partial charge in [-0.05, 0) is 19.9 Å². The van der Waals surface area contributed by atoms with Gasteiger partial charge in [-0.3, -0.25) is 4.79 Å². The number of aromatic nitrogens is 2. The van der Waals surface area contributed by atoms with E-state index < -0.39 is 5.97 Å². The third-order valence-corrected chi connectivity index (χ3v) is 3.34. The smallest absolute Gasteiger partial charge is 0.355 e. The Morgan fingerprint density at radius 2 is 1.95 bits per heavy atom. The predicted octanol–water partition coefficient (Wildman–Crippen LogP) is 2.49. The molecule has 2 heterocycles. The van der Waals surface area contributed by atoms with Crippen LogP contribution >= 0.6 is 0 Å². The predicted molar refractivity (Wildman–Crippen MR) is 77.1 cm³/mol. The second-order valence-electron chi connectivity index (χ2n) is 4.60. The van der Waals surface area contributed by atoms with Crippen LogP contribution in [0.4, 0.5) is 0 Å². The number of rotatable bonds is 2. The summed E-state index contributed by atoms with van der Waals surface area (Å²) in [4.78, 5) is 30.0. The quantitative estimate of drug-likeness (QED) is 0.702. The van der Waals surface area contributed by atoms with Crippen molar-refractivity contribution in [3.8, 4) is 0 Å². The first-order valence-electron chi connectivity index (χ1n) is 6.44. The highest BCUT2D eigenvalue weighted by Gasteiger charge is 2.20. The molecule has 0 spiro atoms. The lowest BCUT2D eigenvalue weighted by molar-refractivity contribution is 0.0522. The number of esters is 1. The third-order valence-electron chi connectivity index (χ3n) is 3.34. The van der Waals surface area contributed by atoms with Crippen LogP contribution in [-0.2, 0) is 4.74 Å². The summed E-state index contributed by atoms with van der Waals surface area (Å²) in [5.41, 5.74) is 1.49. The maximum absolute atomic E-state index is 12.2. The van der Waals surface area contributed by atoms with Gasteiger partial charge in [-0.15, -0.1) is 0 Å². The Labute approximate surface area is 114 Å². The molecule has 0 amide bonds. The zero-order valence-corrected chi connectivity index (χ0v) is 11.2. The van der Waals surface area contributed by atoms with Crippen molar-refractivity contribution < 1.29 is 9.53 Å². The minimum absolute atomic E-state index is 0.206. The van der Waals surface area contributed by atoms with E-state index in [0.717, 1.165) is 5.39 Å². The van der Waals surface area contributed by atoms with Gasteiger partial charge >= 0.3 is 5.97 Å². The van der Waals surface area contributed by atoms with Crippen molar-refractivity contribution in [2.24, 2.45) is 0 Å². The zero-order valence-electron chi connectivity index (χ0n) is 11.2. The molecule has 2 N–H and O–H groups in total. The van der Waals surface area contributed by atoms with Gasteiger partial charge in [0.25, 0.3) is 5.56 Å². The first kappa shape index (κ1) is 12.5. The van der Waals surface area contributed by atoms with E-state index in [1.807, 2.05) is 24.3 Å². The Kier molecular flexibility index (Phi) is 2.82. The highest BCUT2D eigenvalue weighted by Crippen LogP contribution is 2.27. The number of carbonyl (C=O) groups excluding carboxylic acids is 1. The Morgan fingerprint density at radius 1 is 1.20 bits per heavy atom. The van der Waals surface area contributed by atoms with Crippen molar-refractivity contribution in [2.45, 2.75) is 13.8 Å². The van der Waals surface area contributed by atoms with Crippen LogP contribution in [-0.4, -0.2) is 22.5 Å². The summed E-state index contributed by atoms with van der Waals surface area (Å²) in [5, 5.41) is 1.96. The van der Waals surface area contributed by atoms with Gasteiger partial charge in [0.1, 0.15) is 5.69 Å². The normalized spacial score (nSPS) is 11.1. The molecule has 20 heavy (non-hydrogen) atoms. The van der Waals surface area contributed by atoms with Crippen LogP contribution in [0.15, 0.2) is 29.1 Å². The van der Waals surface area contributed by atoms with Crippen LogP contribution in [0.5, 0.6) is 0 Å². The molecule has 0 radical (unpaired) electrons. The molecule has 3 rings (SSSR count). The Bertz CT molecular complexity index is 874. The van der Waals surface area contributed by atoms with Gasteiger partial charge in [-0.25, -0.2) is 4.79 Å². The molecule has 0 aliphatic rings. The van der Waals surface area contributed by atoms with Gasteiger partial charge in [0.05, 0.1) is 12.0 Å². The van der Waals surface area contributed by atoms with E-state index >= 15 is 0 Å². The van der Waals surface area contributed by atoms with Crippen molar-refractivity contribution in [2.75, 3.05) is 6.61 Å². The average molecular weight is 270 g/mol. The van der Waals surface area contributed by atoms with Crippen molar-refractivity contribution in [3.05, 3.63) is 46.0 Å². The van der Waals surface area contributed by atoms with E-state index in [1.54, 1.807) is 13.8 Å². The number of aromatic amines is 2. The number of para-hydroxylation sites is 1. The van der Waals surface area contributed by atoms with E-state index in [4.69, 9.17) is 4.74 Å². The highest BCUT2D eigenvalue weighted by atomic mass is 16.5. The van der Waals surface area contributed by atoms with Crippen LogP contribution in [0.3, 0.4) is 0 Å². The van der Waals surface area contributed by atoms with Crippen molar-refractivity contribution in [1.82, 2.24) is 9.97 Å². The fourth-order valence-electron chi connectivity index (χ4n) is 2.53. The lowest BCUT2D eigenvalue weighted by Gasteiger charge is -2.03. The molecule has 3 aromatic rings. The lowest BCUT2D eigenvalue weighted by atomic mass is 10.1. The molecule has 1 aromatic carbocycles. The number of hydrogen-bond acceptors (Lipinski definition) is 3. The molecule has 2 aromatic heterocycles. The van der Waals surface area contributed by atoms with Crippen molar-refractivity contribution >= 4 is 27.6 Å². The van der Waals surface area contributed by atoms with Gasteiger partial charge in [-0.2, -0.15) is 0 Å². The fraction of sp³-hybridized carbons (Fsp3) is 0.200. The first-order valence-corrected chi connectivity index (χ1v) is 6.44. The average Bonchev–Trinajstić information content (AvgIpc) is 2.78. The van der Waals surface area contributed by atoms with E-state index in [0.29, 0.717) is 34.3 Å². The number of carbonyl (C=O) groups is 1.